The van der Waals surface area contributed by atoms with E-state index in [4.69, 9.17) is 0 Å². The fourth-order valence-corrected chi connectivity index (χ4v) is 1.92. The maximum atomic E-state index is 3.60. The van der Waals surface area contributed by atoms with Crippen LogP contribution in [0.25, 0.3) is 0 Å². The second kappa shape index (κ2) is 3.96. The number of nitrogens with one attached hydrogen (secondary N) is 1. The molecular formula is C11H19N. The lowest BCUT2D eigenvalue weighted by molar-refractivity contribution is 0.278. The van der Waals surface area contributed by atoms with Crippen LogP contribution in [0, 0.1) is 17.8 Å². The molecule has 68 valence electrons. The van der Waals surface area contributed by atoms with E-state index in [0.29, 0.717) is 11.5 Å². The lowest BCUT2D eigenvalue weighted by Gasteiger charge is -2.32. The van der Waals surface area contributed by atoms with Gasteiger partial charge in [0.2, 0.25) is 0 Å². The molecule has 0 amide bonds. The van der Waals surface area contributed by atoms with Gasteiger partial charge in [0, 0.05) is 12.0 Å². The van der Waals surface area contributed by atoms with E-state index in [-0.39, 0.29) is 0 Å². The Hall–Kier alpha value is -0.480. The molecule has 0 bridgehead atoms. The second-order valence-corrected chi connectivity index (χ2v) is 3.94. The zero-order valence-corrected chi connectivity index (χ0v) is 8.41. The first-order valence-corrected chi connectivity index (χ1v) is 4.86. The molecule has 1 aliphatic heterocycles. The van der Waals surface area contributed by atoms with Crippen LogP contribution in [0.4, 0.5) is 0 Å². The van der Waals surface area contributed by atoms with Crippen LogP contribution in [-0.4, -0.2) is 12.1 Å². The summed E-state index contributed by atoms with van der Waals surface area (Å²) in [6, 6.07) is 0. The van der Waals surface area contributed by atoms with Crippen molar-refractivity contribution in [3.8, 4) is 11.8 Å². The fourth-order valence-electron chi connectivity index (χ4n) is 1.92. The van der Waals surface area contributed by atoms with Gasteiger partial charge >= 0.3 is 0 Å². The molecular weight excluding hydrogens is 146 g/mol. The summed E-state index contributed by atoms with van der Waals surface area (Å²) in [6.45, 7) is 7.66. The first-order valence-electron chi connectivity index (χ1n) is 4.86. The molecule has 1 atom stereocenters. The van der Waals surface area contributed by atoms with Crippen molar-refractivity contribution < 1.29 is 0 Å². The van der Waals surface area contributed by atoms with Gasteiger partial charge in [-0.15, -0.1) is 11.8 Å². The SMILES string of the molecule is CC#CCC1(C(C)C)CCCN1. The van der Waals surface area contributed by atoms with E-state index in [1.807, 2.05) is 6.92 Å². The van der Waals surface area contributed by atoms with E-state index in [1.165, 1.54) is 19.4 Å². The van der Waals surface area contributed by atoms with E-state index in [0.717, 1.165) is 6.42 Å². The summed E-state index contributed by atoms with van der Waals surface area (Å²) in [5.74, 6) is 6.88. The smallest absolute Gasteiger partial charge is 0.0314 e. The molecule has 1 fully saturated rings. The summed E-state index contributed by atoms with van der Waals surface area (Å²) in [4.78, 5) is 0. The van der Waals surface area contributed by atoms with Gasteiger partial charge in [-0.05, 0) is 32.2 Å². The van der Waals surface area contributed by atoms with Crippen LogP contribution in [0.2, 0.25) is 0 Å². The lowest BCUT2D eigenvalue weighted by atomic mass is 9.82. The number of rotatable bonds is 2. The van der Waals surface area contributed by atoms with Crippen molar-refractivity contribution in [2.24, 2.45) is 5.92 Å². The third-order valence-corrected chi connectivity index (χ3v) is 2.96. The average Bonchev–Trinajstić information content (AvgIpc) is 2.50. The standard InChI is InChI=1S/C11H19N/c1-4-5-7-11(10(2)3)8-6-9-12-11/h10,12H,6-9H2,1-3H3. The van der Waals surface area contributed by atoms with E-state index in [2.05, 4.69) is 31.0 Å². The van der Waals surface area contributed by atoms with Crippen molar-refractivity contribution in [2.45, 2.75) is 45.6 Å². The topological polar surface area (TPSA) is 12.0 Å². The summed E-state index contributed by atoms with van der Waals surface area (Å²) in [6.07, 6.45) is 3.62. The molecule has 0 aliphatic carbocycles. The van der Waals surface area contributed by atoms with Gasteiger partial charge in [0.1, 0.15) is 0 Å². The highest BCUT2D eigenvalue weighted by atomic mass is 15.0. The molecule has 1 N–H and O–H groups in total. The first kappa shape index (κ1) is 9.61. The Balaban J connectivity index is 2.63. The predicted octanol–water partition coefficient (Wildman–Crippen LogP) is 2.18. The highest BCUT2D eigenvalue weighted by Crippen LogP contribution is 2.30. The molecule has 0 aromatic rings. The summed E-state index contributed by atoms with van der Waals surface area (Å²) < 4.78 is 0. The predicted molar refractivity (Wildman–Crippen MR) is 52.9 cm³/mol. The number of hydrogen-bond acceptors (Lipinski definition) is 1. The highest BCUT2D eigenvalue weighted by molar-refractivity contribution is 5.07. The monoisotopic (exact) mass is 165 g/mol. The third-order valence-electron chi connectivity index (χ3n) is 2.96. The van der Waals surface area contributed by atoms with E-state index >= 15 is 0 Å². The molecule has 0 aromatic heterocycles. The Morgan fingerprint density at radius 3 is 2.67 bits per heavy atom. The van der Waals surface area contributed by atoms with Crippen LogP contribution >= 0.6 is 0 Å². The maximum Gasteiger partial charge on any atom is 0.0314 e. The largest absolute Gasteiger partial charge is 0.310 e. The molecule has 0 radical (unpaired) electrons. The van der Waals surface area contributed by atoms with Gasteiger partial charge in [0.05, 0.1) is 0 Å². The van der Waals surface area contributed by atoms with Gasteiger partial charge in [-0.2, -0.15) is 0 Å². The molecule has 1 unspecified atom stereocenters. The van der Waals surface area contributed by atoms with Crippen molar-refractivity contribution in [1.82, 2.24) is 5.32 Å². The van der Waals surface area contributed by atoms with Crippen molar-refractivity contribution >= 4 is 0 Å². The maximum absolute atomic E-state index is 3.60. The van der Waals surface area contributed by atoms with Crippen molar-refractivity contribution in [3.63, 3.8) is 0 Å². The molecule has 0 spiro atoms. The van der Waals surface area contributed by atoms with Gasteiger partial charge in [0.15, 0.2) is 0 Å². The zero-order chi connectivity index (χ0) is 9.03. The normalized spacial score (nSPS) is 28.7. The molecule has 1 heteroatoms. The summed E-state index contributed by atoms with van der Waals surface area (Å²) in [5, 5.41) is 3.60. The minimum absolute atomic E-state index is 0.322. The van der Waals surface area contributed by atoms with E-state index in [9.17, 15) is 0 Å². The Kier molecular flexibility index (Phi) is 3.17. The first-order chi connectivity index (χ1) is 5.71. The number of hydrogen-bond donors (Lipinski definition) is 1. The van der Waals surface area contributed by atoms with Crippen LogP contribution in [0.5, 0.6) is 0 Å². The van der Waals surface area contributed by atoms with Crippen molar-refractivity contribution in [3.05, 3.63) is 0 Å². The summed E-state index contributed by atoms with van der Waals surface area (Å²) in [7, 11) is 0. The van der Waals surface area contributed by atoms with E-state index in [1.54, 1.807) is 0 Å². The molecule has 1 saturated heterocycles. The fraction of sp³-hybridized carbons (Fsp3) is 0.818. The van der Waals surface area contributed by atoms with Crippen LogP contribution < -0.4 is 5.32 Å². The average molecular weight is 165 g/mol. The van der Waals surface area contributed by atoms with Crippen molar-refractivity contribution in [2.75, 3.05) is 6.54 Å². The van der Waals surface area contributed by atoms with Crippen LogP contribution in [0.3, 0.4) is 0 Å². The Bertz CT molecular complexity index is 189. The van der Waals surface area contributed by atoms with Crippen LogP contribution in [0.1, 0.15) is 40.0 Å². The Labute approximate surface area is 75.9 Å². The molecule has 1 aliphatic rings. The van der Waals surface area contributed by atoms with Crippen LogP contribution in [0.15, 0.2) is 0 Å². The van der Waals surface area contributed by atoms with Gasteiger partial charge in [0.25, 0.3) is 0 Å². The molecule has 1 rings (SSSR count). The molecule has 1 heterocycles. The molecule has 1 nitrogen and oxygen atoms in total. The van der Waals surface area contributed by atoms with Gasteiger partial charge in [-0.25, -0.2) is 0 Å². The molecule has 0 aromatic carbocycles. The van der Waals surface area contributed by atoms with Crippen LogP contribution in [-0.2, 0) is 0 Å². The van der Waals surface area contributed by atoms with Gasteiger partial charge in [-0.1, -0.05) is 13.8 Å². The molecule has 0 saturated carbocycles. The zero-order valence-electron chi connectivity index (χ0n) is 8.41. The van der Waals surface area contributed by atoms with Gasteiger partial charge < -0.3 is 5.32 Å². The highest BCUT2D eigenvalue weighted by Gasteiger charge is 2.35. The minimum atomic E-state index is 0.322. The molecule has 12 heavy (non-hydrogen) atoms. The Morgan fingerprint density at radius 2 is 2.25 bits per heavy atom. The lowest BCUT2D eigenvalue weighted by Crippen LogP contribution is -2.44. The van der Waals surface area contributed by atoms with Crippen molar-refractivity contribution in [1.29, 1.82) is 0 Å². The minimum Gasteiger partial charge on any atom is -0.310 e. The van der Waals surface area contributed by atoms with Gasteiger partial charge in [-0.3, -0.25) is 0 Å². The quantitative estimate of drug-likeness (QED) is 0.618. The van der Waals surface area contributed by atoms with E-state index < -0.39 is 0 Å². The summed E-state index contributed by atoms with van der Waals surface area (Å²) >= 11 is 0. The Morgan fingerprint density at radius 1 is 1.50 bits per heavy atom. The summed E-state index contributed by atoms with van der Waals surface area (Å²) in [5.41, 5.74) is 0.322. The second-order valence-electron chi connectivity index (χ2n) is 3.94. The third kappa shape index (κ3) is 1.81.